The van der Waals surface area contributed by atoms with E-state index >= 15 is 0 Å². The minimum absolute atomic E-state index is 0.523. The zero-order valence-corrected chi connectivity index (χ0v) is 12.1. The average Bonchev–Trinajstić information content (AvgIpc) is 3.08. The van der Waals surface area contributed by atoms with Gasteiger partial charge in [-0.1, -0.05) is 29.8 Å². The minimum atomic E-state index is 0.523. The summed E-state index contributed by atoms with van der Waals surface area (Å²) < 4.78 is 1.64. The van der Waals surface area contributed by atoms with E-state index in [0.717, 1.165) is 16.8 Å². The Bertz CT molecular complexity index is 862. The highest BCUT2D eigenvalue weighted by Gasteiger charge is 2.05. The topological polar surface area (TPSA) is 67.4 Å². The molecule has 1 aromatic carbocycles. The summed E-state index contributed by atoms with van der Waals surface area (Å²) in [5.41, 5.74) is 3.05. The Kier molecular flexibility index (Phi) is 3.95. The molecule has 0 aliphatic heterocycles. The van der Waals surface area contributed by atoms with Gasteiger partial charge in [-0.05, 0) is 23.8 Å². The Morgan fingerprint density at radius 2 is 2.00 bits per heavy atom. The third-order valence-corrected chi connectivity index (χ3v) is 3.31. The van der Waals surface area contributed by atoms with Crippen LogP contribution in [0.2, 0.25) is 5.02 Å². The van der Waals surface area contributed by atoms with Crippen molar-refractivity contribution in [1.82, 2.24) is 19.7 Å². The van der Waals surface area contributed by atoms with Gasteiger partial charge in [-0.25, -0.2) is 9.67 Å². The molecule has 2 heterocycles. The molecule has 5 nitrogen and oxygen atoms in total. The number of rotatable bonds is 3. The van der Waals surface area contributed by atoms with Crippen molar-refractivity contribution in [3.8, 4) is 11.8 Å². The molecule has 22 heavy (non-hydrogen) atoms. The Labute approximate surface area is 132 Å². The SMILES string of the molecule is N#Cc1cnccc1C=Cc1ccc(Cl)cc1-n1cncn1. The first-order valence-electron chi connectivity index (χ1n) is 6.44. The summed E-state index contributed by atoms with van der Waals surface area (Å²) in [7, 11) is 0. The van der Waals surface area contributed by atoms with Gasteiger partial charge in [0.05, 0.1) is 11.3 Å². The molecular formula is C16H10ClN5. The summed E-state index contributed by atoms with van der Waals surface area (Å²) in [6.07, 6.45) is 10.0. The van der Waals surface area contributed by atoms with E-state index in [1.807, 2.05) is 24.3 Å². The number of nitrogens with zero attached hydrogens (tertiary/aromatic N) is 5. The lowest BCUT2D eigenvalue weighted by Gasteiger charge is -2.06. The van der Waals surface area contributed by atoms with Gasteiger partial charge in [0.2, 0.25) is 0 Å². The van der Waals surface area contributed by atoms with E-state index in [9.17, 15) is 0 Å². The van der Waals surface area contributed by atoms with Gasteiger partial charge in [0, 0.05) is 23.0 Å². The van der Waals surface area contributed by atoms with Crippen molar-refractivity contribution in [2.75, 3.05) is 0 Å². The molecule has 3 aromatic rings. The molecule has 0 unspecified atom stereocenters. The van der Waals surface area contributed by atoms with Crippen LogP contribution >= 0.6 is 11.6 Å². The van der Waals surface area contributed by atoms with E-state index < -0.39 is 0 Å². The first-order chi connectivity index (χ1) is 10.8. The van der Waals surface area contributed by atoms with Gasteiger partial charge < -0.3 is 0 Å². The lowest BCUT2D eigenvalue weighted by molar-refractivity contribution is 0.877. The van der Waals surface area contributed by atoms with Crippen LogP contribution in [0.1, 0.15) is 16.7 Å². The van der Waals surface area contributed by atoms with Crippen molar-refractivity contribution in [3.05, 3.63) is 71.0 Å². The van der Waals surface area contributed by atoms with Crippen LogP contribution in [0.25, 0.3) is 17.8 Å². The van der Waals surface area contributed by atoms with E-state index in [2.05, 4.69) is 21.1 Å². The molecule has 0 N–H and O–H groups in total. The van der Waals surface area contributed by atoms with Crippen molar-refractivity contribution in [2.45, 2.75) is 0 Å². The Morgan fingerprint density at radius 1 is 1.14 bits per heavy atom. The molecule has 0 saturated carbocycles. The zero-order valence-electron chi connectivity index (χ0n) is 11.4. The monoisotopic (exact) mass is 307 g/mol. The fraction of sp³-hybridized carbons (Fsp3) is 0. The predicted octanol–water partition coefficient (Wildman–Crippen LogP) is 3.36. The molecule has 0 aliphatic carbocycles. The molecule has 0 fully saturated rings. The summed E-state index contributed by atoms with van der Waals surface area (Å²) in [4.78, 5) is 7.89. The largest absolute Gasteiger partial charge is 0.263 e. The third-order valence-electron chi connectivity index (χ3n) is 3.08. The van der Waals surface area contributed by atoms with Gasteiger partial charge in [-0.3, -0.25) is 4.98 Å². The second-order valence-corrected chi connectivity index (χ2v) is 4.89. The maximum Gasteiger partial charge on any atom is 0.138 e. The molecule has 0 saturated heterocycles. The predicted molar refractivity (Wildman–Crippen MR) is 84.2 cm³/mol. The number of benzene rings is 1. The van der Waals surface area contributed by atoms with Gasteiger partial charge in [0.25, 0.3) is 0 Å². The molecule has 6 heteroatoms. The molecule has 0 aliphatic rings. The first-order valence-corrected chi connectivity index (χ1v) is 6.82. The van der Waals surface area contributed by atoms with E-state index in [-0.39, 0.29) is 0 Å². The van der Waals surface area contributed by atoms with E-state index in [1.165, 1.54) is 6.33 Å². The maximum absolute atomic E-state index is 9.09. The van der Waals surface area contributed by atoms with Crippen LogP contribution < -0.4 is 0 Å². The standard InChI is InChI=1S/C16H10ClN5/c17-15-4-3-13(16(7-15)22-11-20-10-21-22)2-1-12-5-6-19-9-14(12)8-18/h1-7,9-11H. The van der Waals surface area contributed by atoms with Gasteiger partial charge >= 0.3 is 0 Å². The Morgan fingerprint density at radius 3 is 2.77 bits per heavy atom. The number of pyridine rings is 1. The molecule has 0 radical (unpaired) electrons. The fourth-order valence-corrected chi connectivity index (χ4v) is 2.18. The summed E-state index contributed by atoms with van der Waals surface area (Å²) in [6.45, 7) is 0. The maximum atomic E-state index is 9.09. The van der Waals surface area contributed by atoms with Gasteiger partial charge in [0.1, 0.15) is 18.7 Å². The highest BCUT2D eigenvalue weighted by atomic mass is 35.5. The Hall–Kier alpha value is -2.97. The van der Waals surface area contributed by atoms with Gasteiger partial charge in [-0.15, -0.1) is 0 Å². The fourth-order valence-electron chi connectivity index (χ4n) is 2.01. The number of halogens is 1. The third kappa shape index (κ3) is 2.87. The van der Waals surface area contributed by atoms with Crippen LogP contribution in [0.5, 0.6) is 0 Å². The highest BCUT2D eigenvalue weighted by molar-refractivity contribution is 6.30. The normalized spacial score (nSPS) is 10.7. The number of hydrogen-bond donors (Lipinski definition) is 0. The molecule has 0 spiro atoms. The van der Waals surface area contributed by atoms with Crippen LogP contribution in [0.3, 0.4) is 0 Å². The van der Waals surface area contributed by atoms with Crippen molar-refractivity contribution in [2.24, 2.45) is 0 Å². The quantitative estimate of drug-likeness (QED) is 0.744. The molecule has 2 aromatic heterocycles. The van der Waals surface area contributed by atoms with Crippen molar-refractivity contribution in [1.29, 1.82) is 5.26 Å². The molecular weight excluding hydrogens is 298 g/mol. The summed E-state index contributed by atoms with van der Waals surface area (Å²) in [6, 6.07) is 9.42. The number of nitriles is 1. The van der Waals surface area contributed by atoms with Crippen LogP contribution in [0, 0.1) is 11.3 Å². The lowest BCUT2D eigenvalue weighted by Crippen LogP contribution is -1.97. The van der Waals surface area contributed by atoms with E-state index in [0.29, 0.717) is 10.6 Å². The Balaban J connectivity index is 2.03. The van der Waals surface area contributed by atoms with E-state index in [4.69, 9.17) is 16.9 Å². The summed E-state index contributed by atoms with van der Waals surface area (Å²) in [5.74, 6) is 0. The number of hydrogen-bond acceptors (Lipinski definition) is 4. The summed E-state index contributed by atoms with van der Waals surface area (Å²) >= 11 is 6.06. The average molecular weight is 308 g/mol. The minimum Gasteiger partial charge on any atom is -0.263 e. The molecule has 0 atom stereocenters. The van der Waals surface area contributed by atoms with Gasteiger partial charge in [0.15, 0.2) is 0 Å². The van der Waals surface area contributed by atoms with Crippen molar-refractivity contribution in [3.63, 3.8) is 0 Å². The van der Waals surface area contributed by atoms with Gasteiger partial charge in [-0.2, -0.15) is 10.4 Å². The van der Waals surface area contributed by atoms with Crippen molar-refractivity contribution < 1.29 is 0 Å². The smallest absolute Gasteiger partial charge is 0.138 e. The van der Waals surface area contributed by atoms with Crippen LogP contribution in [0.15, 0.2) is 49.3 Å². The van der Waals surface area contributed by atoms with Crippen LogP contribution in [-0.2, 0) is 0 Å². The van der Waals surface area contributed by atoms with E-state index in [1.54, 1.807) is 35.5 Å². The zero-order chi connectivity index (χ0) is 15.4. The summed E-state index contributed by atoms with van der Waals surface area (Å²) in [5, 5.41) is 13.8. The lowest BCUT2D eigenvalue weighted by atomic mass is 10.1. The highest BCUT2D eigenvalue weighted by Crippen LogP contribution is 2.21. The molecule has 0 bridgehead atoms. The second-order valence-electron chi connectivity index (χ2n) is 4.45. The van der Waals surface area contributed by atoms with Crippen molar-refractivity contribution >= 4 is 23.8 Å². The molecule has 0 amide bonds. The molecule has 3 rings (SSSR count). The van der Waals surface area contributed by atoms with Crippen LogP contribution in [-0.4, -0.2) is 19.7 Å². The molecule has 106 valence electrons. The second kappa shape index (κ2) is 6.20. The number of aromatic nitrogens is 4. The van der Waals surface area contributed by atoms with Crippen LogP contribution in [0.4, 0.5) is 0 Å². The first kappa shape index (κ1) is 14.0.